The summed E-state index contributed by atoms with van der Waals surface area (Å²) in [5.41, 5.74) is 6.90. The smallest absolute Gasteiger partial charge is 0.406 e. The molecule has 2 N–H and O–H groups in total. The summed E-state index contributed by atoms with van der Waals surface area (Å²) < 4.78 is 40.7. The van der Waals surface area contributed by atoms with Crippen molar-refractivity contribution in [2.45, 2.75) is 19.2 Å². The fourth-order valence-electron chi connectivity index (χ4n) is 2.14. The topological polar surface area (TPSA) is 52.3 Å². The Morgan fingerprint density at radius 1 is 1.05 bits per heavy atom. The highest BCUT2D eigenvalue weighted by Crippen LogP contribution is 2.25. The number of aryl methyl sites for hydroxylation is 2. The van der Waals surface area contributed by atoms with Crippen LogP contribution in [-0.2, 0) is 12.8 Å². The van der Waals surface area contributed by atoms with Gasteiger partial charge in [0.25, 0.3) is 0 Å². The zero-order chi connectivity index (χ0) is 16.2. The van der Waals surface area contributed by atoms with Gasteiger partial charge in [-0.25, -0.2) is 0 Å². The number of ether oxygens (including phenoxy) is 1. The highest BCUT2D eigenvalue weighted by molar-refractivity contribution is 5.94. The number of carbonyl (C=O) groups is 1. The molecule has 2 rings (SSSR count). The number of carbonyl (C=O) groups excluding carboxylic acids is 1. The van der Waals surface area contributed by atoms with Crippen molar-refractivity contribution in [1.82, 2.24) is 0 Å². The molecule has 0 spiro atoms. The molecule has 0 fully saturated rings. The van der Waals surface area contributed by atoms with Crippen molar-refractivity contribution in [2.24, 2.45) is 5.73 Å². The average Bonchev–Trinajstić information content (AvgIpc) is 2.44. The lowest BCUT2D eigenvalue weighted by Crippen LogP contribution is -2.18. The summed E-state index contributed by atoms with van der Waals surface area (Å²) >= 11 is 0. The van der Waals surface area contributed by atoms with Gasteiger partial charge in [-0.15, -0.1) is 13.2 Å². The number of halogens is 3. The van der Waals surface area contributed by atoms with Gasteiger partial charge in [0.1, 0.15) is 5.75 Å². The first-order valence-electron chi connectivity index (χ1n) is 6.57. The third-order valence-electron chi connectivity index (χ3n) is 3.10. The van der Waals surface area contributed by atoms with E-state index in [4.69, 9.17) is 5.73 Å². The van der Waals surface area contributed by atoms with Crippen molar-refractivity contribution < 1.29 is 22.7 Å². The number of benzene rings is 2. The van der Waals surface area contributed by atoms with Crippen molar-refractivity contribution >= 4 is 5.91 Å². The van der Waals surface area contributed by atoms with Crippen LogP contribution in [0.3, 0.4) is 0 Å². The van der Waals surface area contributed by atoms with Crippen LogP contribution in [0.25, 0.3) is 0 Å². The maximum absolute atomic E-state index is 12.3. The zero-order valence-electron chi connectivity index (χ0n) is 11.6. The van der Waals surface area contributed by atoms with Crippen LogP contribution >= 0.6 is 0 Å². The molecule has 0 heterocycles. The van der Waals surface area contributed by atoms with Crippen molar-refractivity contribution in [3.8, 4) is 5.75 Å². The van der Waals surface area contributed by atoms with E-state index in [1.54, 1.807) is 0 Å². The molecule has 0 bridgehead atoms. The summed E-state index contributed by atoms with van der Waals surface area (Å²) in [5, 5.41) is 0. The summed E-state index contributed by atoms with van der Waals surface area (Å²) in [4.78, 5) is 11.4. The van der Waals surface area contributed by atoms with E-state index in [1.807, 2.05) is 30.3 Å². The van der Waals surface area contributed by atoms with Crippen LogP contribution in [0.2, 0.25) is 0 Å². The van der Waals surface area contributed by atoms with E-state index in [-0.39, 0.29) is 11.3 Å². The quantitative estimate of drug-likeness (QED) is 0.919. The van der Waals surface area contributed by atoms with Crippen molar-refractivity contribution in [3.05, 3.63) is 65.2 Å². The molecule has 1 amide bonds. The van der Waals surface area contributed by atoms with Crippen molar-refractivity contribution in [2.75, 3.05) is 0 Å². The van der Waals surface area contributed by atoms with E-state index in [9.17, 15) is 18.0 Å². The van der Waals surface area contributed by atoms with Gasteiger partial charge in [-0.1, -0.05) is 30.3 Å². The number of hydrogen-bond acceptors (Lipinski definition) is 2. The number of primary amides is 1. The molecule has 0 saturated carbocycles. The number of alkyl halides is 3. The Bertz CT molecular complexity index is 654. The molecule has 0 saturated heterocycles. The summed E-state index contributed by atoms with van der Waals surface area (Å²) in [5.74, 6) is -1.04. The minimum atomic E-state index is -4.77. The molecule has 0 unspecified atom stereocenters. The lowest BCUT2D eigenvalue weighted by Gasteiger charge is -2.12. The van der Waals surface area contributed by atoms with Gasteiger partial charge in [-0.3, -0.25) is 4.79 Å². The van der Waals surface area contributed by atoms with Gasteiger partial charge >= 0.3 is 6.36 Å². The third kappa shape index (κ3) is 4.51. The lowest BCUT2D eigenvalue weighted by atomic mass is 9.99. The SMILES string of the molecule is NC(=O)c1ccc(OC(F)(F)F)cc1CCc1ccccc1. The lowest BCUT2D eigenvalue weighted by molar-refractivity contribution is -0.274. The second-order valence-electron chi connectivity index (χ2n) is 4.72. The largest absolute Gasteiger partial charge is 0.573 e. The molecule has 6 heteroatoms. The molecule has 0 aliphatic carbocycles. The van der Waals surface area contributed by atoms with Gasteiger partial charge in [0, 0.05) is 5.56 Å². The Labute approximate surface area is 125 Å². The molecule has 0 aliphatic rings. The predicted octanol–water partition coefficient (Wildman–Crippen LogP) is 3.47. The Hall–Kier alpha value is -2.50. The van der Waals surface area contributed by atoms with Crippen LogP contribution in [-0.4, -0.2) is 12.3 Å². The van der Waals surface area contributed by atoms with Crippen LogP contribution in [0, 0.1) is 0 Å². The standard InChI is InChI=1S/C16H14F3NO2/c17-16(18,19)22-13-8-9-14(15(20)21)12(10-13)7-6-11-4-2-1-3-5-11/h1-5,8-10H,6-7H2,(H2,20,21). The maximum Gasteiger partial charge on any atom is 0.573 e. The fourth-order valence-corrected chi connectivity index (χ4v) is 2.14. The molecule has 0 aliphatic heterocycles. The van der Waals surface area contributed by atoms with Gasteiger partial charge < -0.3 is 10.5 Å². The number of hydrogen-bond donors (Lipinski definition) is 1. The Morgan fingerprint density at radius 3 is 2.32 bits per heavy atom. The minimum Gasteiger partial charge on any atom is -0.406 e. The van der Waals surface area contributed by atoms with Gasteiger partial charge in [0.05, 0.1) is 0 Å². The normalized spacial score (nSPS) is 11.2. The average molecular weight is 309 g/mol. The van der Waals surface area contributed by atoms with Crippen molar-refractivity contribution in [1.29, 1.82) is 0 Å². The fraction of sp³-hybridized carbons (Fsp3) is 0.188. The van der Waals surface area contributed by atoms with Crippen LogP contribution in [0.1, 0.15) is 21.5 Å². The third-order valence-corrected chi connectivity index (χ3v) is 3.10. The molecule has 2 aromatic carbocycles. The molecular weight excluding hydrogens is 295 g/mol. The number of rotatable bonds is 5. The highest BCUT2D eigenvalue weighted by atomic mass is 19.4. The van der Waals surface area contributed by atoms with Crippen LogP contribution in [0.5, 0.6) is 5.75 Å². The van der Waals surface area contributed by atoms with Gasteiger partial charge in [-0.05, 0) is 42.2 Å². The molecule has 2 aromatic rings. The van der Waals surface area contributed by atoms with Crippen molar-refractivity contribution in [3.63, 3.8) is 0 Å². The molecule has 0 radical (unpaired) electrons. The summed E-state index contributed by atoms with van der Waals surface area (Å²) in [6, 6.07) is 13.0. The van der Waals surface area contributed by atoms with Gasteiger partial charge in [-0.2, -0.15) is 0 Å². The van der Waals surface area contributed by atoms with E-state index < -0.39 is 12.3 Å². The van der Waals surface area contributed by atoms with E-state index >= 15 is 0 Å². The Balaban J connectivity index is 2.22. The molecule has 22 heavy (non-hydrogen) atoms. The highest BCUT2D eigenvalue weighted by Gasteiger charge is 2.31. The second kappa shape index (κ2) is 6.51. The molecule has 0 atom stereocenters. The number of amides is 1. The molecule has 3 nitrogen and oxygen atoms in total. The van der Waals surface area contributed by atoms with Crippen LogP contribution < -0.4 is 10.5 Å². The summed E-state index contributed by atoms with van der Waals surface area (Å²) in [7, 11) is 0. The first-order valence-corrected chi connectivity index (χ1v) is 6.57. The summed E-state index contributed by atoms with van der Waals surface area (Å²) in [6.07, 6.45) is -3.81. The zero-order valence-corrected chi connectivity index (χ0v) is 11.6. The monoisotopic (exact) mass is 309 g/mol. The van der Waals surface area contributed by atoms with Crippen LogP contribution in [0.4, 0.5) is 13.2 Å². The van der Waals surface area contributed by atoms with E-state index in [1.165, 1.54) is 12.1 Å². The minimum absolute atomic E-state index is 0.199. The second-order valence-corrected chi connectivity index (χ2v) is 4.72. The number of nitrogens with two attached hydrogens (primary N) is 1. The van der Waals surface area contributed by atoms with Gasteiger partial charge in [0.2, 0.25) is 5.91 Å². The maximum atomic E-state index is 12.3. The van der Waals surface area contributed by atoms with Gasteiger partial charge in [0.15, 0.2) is 0 Å². The Kier molecular flexibility index (Phi) is 4.70. The first kappa shape index (κ1) is 15.9. The van der Waals surface area contributed by atoms with E-state index in [0.717, 1.165) is 11.6 Å². The van der Waals surface area contributed by atoms with E-state index in [0.29, 0.717) is 18.4 Å². The first-order chi connectivity index (χ1) is 10.3. The predicted molar refractivity (Wildman–Crippen MR) is 75.5 cm³/mol. The Morgan fingerprint density at radius 2 is 1.73 bits per heavy atom. The summed E-state index contributed by atoms with van der Waals surface area (Å²) in [6.45, 7) is 0. The van der Waals surface area contributed by atoms with E-state index in [2.05, 4.69) is 4.74 Å². The molecule has 0 aromatic heterocycles. The van der Waals surface area contributed by atoms with Crippen LogP contribution in [0.15, 0.2) is 48.5 Å². The molecule has 116 valence electrons. The molecular formula is C16H14F3NO2.